The molecule has 0 bridgehead atoms. The first kappa shape index (κ1) is 64.3. The molecular formula is C84H74O12. The van der Waals surface area contributed by atoms with E-state index in [2.05, 4.69) is 146 Å². The summed E-state index contributed by atoms with van der Waals surface area (Å²) in [6.45, 7) is 0. The van der Waals surface area contributed by atoms with Gasteiger partial charge in [-0.3, -0.25) is 0 Å². The molecule has 0 N–H and O–H groups in total. The molecule has 12 heteroatoms. The Balaban J connectivity index is 1.09. The van der Waals surface area contributed by atoms with Gasteiger partial charge in [0.05, 0.1) is 85.3 Å². The van der Waals surface area contributed by atoms with Crippen molar-refractivity contribution < 1.29 is 56.8 Å². The van der Waals surface area contributed by atoms with Crippen LogP contribution in [0.2, 0.25) is 0 Å². The molecule has 12 rings (SSSR count). The average molecular weight is 1280 g/mol. The number of ether oxygens (including phenoxy) is 12. The highest BCUT2D eigenvalue weighted by Crippen LogP contribution is 2.53. The molecule has 0 radical (unpaired) electrons. The van der Waals surface area contributed by atoms with Gasteiger partial charge < -0.3 is 56.8 Å². The minimum absolute atomic E-state index is 0.650. The van der Waals surface area contributed by atoms with E-state index in [4.69, 9.17) is 56.8 Å². The van der Waals surface area contributed by atoms with Crippen molar-refractivity contribution >= 4 is 0 Å². The molecular weight excluding hydrogens is 1200 g/mol. The lowest BCUT2D eigenvalue weighted by molar-refractivity contribution is 0.414. The van der Waals surface area contributed by atoms with Crippen molar-refractivity contribution in [2.75, 3.05) is 85.3 Å². The summed E-state index contributed by atoms with van der Waals surface area (Å²) in [4.78, 5) is 0. The SMILES string of the molecule is COc1ccc(-c2ccc(OC)cc2-c2cc(OC)ccc2-c2ccc(OC)cc2-c2cc(OC)ccc2-c2ccc(OC)cc2-c2cc(OC)ccc2-c2ccc(OC)cc2-c2cc(OC)ccc2-c2ccc(OC)cc2-c2cc(OC)ccc2-c2ccc(OC)cc2)cc1. The maximum atomic E-state index is 6.16. The van der Waals surface area contributed by atoms with E-state index < -0.39 is 0 Å². The van der Waals surface area contributed by atoms with Crippen LogP contribution in [-0.4, -0.2) is 85.3 Å². The molecule has 0 saturated carbocycles. The first-order valence-corrected chi connectivity index (χ1v) is 31.1. The Bertz CT molecular complexity index is 4500. The zero-order valence-corrected chi connectivity index (χ0v) is 55.8. The lowest BCUT2D eigenvalue weighted by Crippen LogP contribution is -1.98. The highest BCUT2D eigenvalue weighted by Gasteiger charge is 2.27. The fraction of sp³-hybridized carbons (Fsp3) is 0.143. The third-order valence-corrected chi connectivity index (χ3v) is 17.7. The van der Waals surface area contributed by atoms with Gasteiger partial charge in [0.15, 0.2) is 0 Å². The Morgan fingerprint density at radius 3 is 0.365 bits per heavy atom. The quantitative estimate of drug-likeness (QED) is 0.0608. The summed E-state index contributed by atoms with van der Waals surface area (Å²) in [6, 6.07) is 78.2. The van der Waals surface area contributed by atoms with Gasteiger partial charge in [0.1, 0.15) is 69.0 Å². The lowest BCUT2D eigenvalue weighted by atomic mass is 9.81. The predicted molar refractivity (Wildman–Crippen MR) is 385 cm³/mol. The van der Waals surface area contributed by atoms with Crippen LogP contribution in [0.1, 0.15) is 0 Å². The van der Waals surface area contributed by atoms with Gasteiger partial charge in [0, 0.05) is 0 Å². The fourth-order valence-corrected chi connectivity index (χ4v) is 12.7. The number of hydrogen-bond donors (Lipinski definition) is 0. The van der Waals surface area contributed by atoms with Crippen LogP contribution in [0, 0.1) is 0 Å². The molecule has 12 aromatic rings. The maximum Gasteiger partial charge on any atom is 0.119 e. The van der Waals surface area contributed by atoms with Gasteiger partial charge in [-0.2, -0.15) is 0 Å². The molecule has 0 aliphatic rings. The highest BCUT2D eigenvalue weighted by atomic mass is 16.5. The van der Waals surface area contributed by atoms with Crippen molar-refractivity contribution in [1.29, 1.82) is 0 Å². The van der Waals surface area contributed by atoms with Crippen LogP contribution in [0.4, 0.5) is 0 Å². The summed E-state index contributed by atoms with van der Waals surface area (Å²) < 4.78 is 71.9. The highest BCUT2D eigenvalue weighted by molar-refractivity contribution is 6.05. The molecule has 0 amide bonds. The van der Waals surface area contributed by atoms with E-state index in [0.29, 0.717) is 57.5 Å². The zero-order valence-electron chi connectivity index (χ0n) is 55.8. The molecule has 96 heavy (non-hydrogen) atoms. The number of benzene rings is 12. The van der Waals surface area contributed by atoms with Gasteiger partial charge in [0.25, 0.3) is 0 Å². The molecule has 482 valence electrons. The van der Waals surface area contributed by atoms with Gasteiger partial charge in [0.2, 0.25) is 0 Å². The van der Waals surface area contributed by atoms with Crippen molar-refractivity contribution in [2.45, 2.75) is 0 Å². The first-order chi connectivity index (χ1) is 47.0. The minimum atomic E-state index is 0.650. The van der Waals surface area contributed by atoms with Crippen LogP contribution in [0.3, 0.4) is 0 Å². The van der Waals surface area contributed by atoms with Crippen LogP contribution >= 0.6 is 0 Å². The molecule has 0 aliphatic heterocycles. The summed E-state index contributed by atoms with van der Waals surface area (Å²) in [5.74, 6) is 8.23. The number of methoxy groups -OCH3 is 12. The largest absolute Gasteiger partial charge is 0.497 e. The van der Waals surface area contributed by atoms with E-state index in [1.165, 1.54) is 0 Å². The summed E-state index contributed by atoms with van der Waals surface area (Å²) >= 11 is 0. The molecule has 0 aliphatic carbocycles. The second-order valence-corrected chi connectivity index (χ2v) is 22.6. The second kappa shape index (κ2) is 28.6. The maximum absolute atomic E-state index is 6.16. The van der Waals surface area contributed by atoms with E-state index >= 15 is 0 Å². The topological polar surface area (TPSA) is 111 Å². The molecule has 0 fully saturated rings. The summed E-state index contributed by atoms with van der Waals surface area (Å²) in [6.07, 6.45) is 0. The van der Waals surface area contributed by atoms with Crippen LogP contribution in [0.25, 0.3) is 122 Å². The van der Waals surface area contributed by atoms with Gasteiger partial charge in [-0.15, -0.1) is 0 Å². The molecule has 12 aromatic carbocycles. The Morgan fingerprint density at radius 1 is 0.115 bits per heavy atom. The van der Waals surface area contributed by atoms with Gasteiger partial charge >= 0.3 is 0 Å². The standard InChI is InChI=1S/C84H74O12/c1-85-53-17-13-51(14-18-53)65-31-21-55(87-3)41-75(65)77-43-57(89-5)23-33-67(77)69-35-25-59(91-7)45-79(69)81-47-61(93-9)27-37-71(81)73-39-29-63(95-11)49-83(73)84-50-64(96-12)30-40-74(84)72-38-28-62(94-10)48-82(72)80-46-60(92-8)26-36-70(80)68-34-24-58(90-6)44-78(68)76-42-56(88-4)22-32-66(76)52-15-19-54(86-2)20-16-52/h13-50H,1-12H3. The first-order valence-electron chi connectivity index (χ1n) is 31.1. The van der Waals surface area contributed by atoms with E-state index in [9.17, 15) is 0 Å². The summed E-state index contributed by atoms with van der Waals surface area (Å²) in [5.41, 5.74) is 20.2. The molecule has 0 atom stereocenters. The number of hydrogen-bond acceptors (Lipinski definition) is 12. The van der Waals surface area contributed by atoms with Crippen LogP contribution in [0.15, 0.2) is 231 Å². The Hall–Kier alpha value is -11.8. The van der Waals surface area contributed by atoms with Crippen molar-refractivity contribution in [3.8, 4) is 191 Å². The lowest BCUT2D eigenvalue weighted by Gasteiger charge is -2.23. The zero-order chi connectivity index (χ0) is 67.0. The smallest absolute Gasteiger partial charge is 0.119 e. The molecule has 0 saturated heterocycles. The van der Waals surface area contributed by atoms with E-state index in [1.54, 1.807) is 85.3 Å². The molecule has 12 nitrogen and oxygen atoms in total. The Kier molecular flexibility index (Phi) is 19.2. The van der Waals surface area contributed by atoms with E-state index in [0.717, 1.165) is 134 Å². The van der Waals surface area contributed by atoms with Gasteiger partial charge in [-0.05, 0) is 268 Å². The number of rotatable bonds is 23. The van der Waals surface area contributed by atoms with Crippen molar-refractivity contribution in [3.63, 3.8) is 0 Å². The normalized spacial score (nSPS) is 10.9. The van der Waals surface area contributed by atoms with Gasteiger partial charge in [-0.1, -0.05) is 84.9 Å². The van der Waals surface area contributed by atoms with Crippen LogP contribution < -0.4 is 56.8 Å². The van der Waals surface area contributed by atoms with Crippen LogP contribution in [0.5, 0.6) is 69.0 Å². The van der Waals surface area contributed by atoms with Crippen molar-refractivity contribution in [2.24, 2.45) is 0 Å². The molecule has 0 spiro atoms. The van der Waals surface area contributed by atoms with E-state index in [1.807, 2.05) is 84.9 Å². The molecule has 0 aromatic heterocycles. The predicted octanol–water partition coefficient (Wildman–Crippen LogP) is 20.1. The molecule has 0 heterocycles. The monoisotopic (exact) mass is 1270 g/mol. The van der Waals surface area contributed by atoms with Crippen molar-refractivity contribution in [1.82, 2.24) is 0 Å². The summed E-state index contributed by atoms with van der Waals surface area (Å²) in [7, 11) is 20.2. The van der Waals surface area contributed by atoms with Crippen molar-refractivity contribution in [3.05, 3.63) is 231 Å². The average Bonchev–Trinajstić information content (AvgIpc) is 0.759. The third-order valence-electron chi connectivity index (χ3n) is 17.7. The fourth-order valence-electron chi connectivity index (χ4n) is 12.7. The summed E-state index contributed by atoms with van der Waals surface area (Å²) in [5, 5.41) is 0. The Morgan fingerprint density at radius 2 is 0.229 bits per heavy atom. The van der Waals surface area contributed by atoms with E-state index in [-0.39, 0.29) is 0 Å². The second-order valence-electron chi connectivity index (χ2n) is 22.6. The molecule has 0 unspecified atom stereocenters. The Labute approximate surface area is 561 Å². The minimum Gasteiger partial charge on any atom is -0.497 e. The third kappa shape index (κ3) is 12.8. The van der Waals surface area contributed by atoms with Gasteiger partial charge in [-0.25, -0.2) is 0 Å². The van der Waals surface area contributed by atoms with Crippen LogP contribution in [-0.2, 0) is 0 Å².